The molecule has 0 radical (unpaired) electrons. The Bertz CT molecular complexity index is 2750. The van der Waals surface area contributed by atoms with Gasteiger partial charge in [0.2, 0.25) is 0 Å². The van der Waals surface area contributed by atoms with E-state index in [-0.39, 0.29) is 56.1 Å². The molecule has 8 N–H and O–H groups in total. The molecule has 0 saturated heterocycles. The van der Waals surface area contributed by atoms with Gasteiger partial charge in [0.05, 0.1) is 6.61 Å². The van der Waals surface area contributed by atoms with E-state index in [2.05, 4.69) is 111 Å². The molecule has 21 heteroatoms. The van der Waals surface area contributed by atoms with Crippen LogP contribution in [0.25, 0.3) is 0 Å². The van der Waals surface area contributed by atoms with Crippen molar-refractivity contribution >= 4 is 0 Å². The molecule has 16 rings (SSSR count). The molecule has 0 heterocycles. The molecule has 16 saturated carbocycles. The SMILES string of the molecule is CC1C2CC(CC(C)(O)C(F)(F)F)C(C2)C1C.CC1C2CC(CC(C)(O)C(F)(F)F)C(C2)C1C.CC1C2CC(CC(C)(O)C(F)(F)F)C(C2)C1C.CC1C2CC(CC(C)(O)C(F)(F)F)C(C2)C1C.CC1C2CC(CCCO)C(C2)C1C.CC1C2CC(CCO)C(C2)C1C.CC1C2CC(CO)C(C2)C1C.CC1C2CC(COCO)C(C2)C1C. The first-order valence-corrected chi connectivity index (χ1v) is 47.2. The summed E-state index contributed by atoms with van der Waals surface area (Å²) in [7, 11) is 0. The third-order valence-electron chi connectivity index (χ3n) is 39.2. The Hall–Kier alpha value is -1.20. The van der Waals surface area contributed by atoms with E-state index in [1.54, 1.807) is 0 Å². The van der Waals surface area contributed by atoms with Crippen LogP contribution in [0.4, 0.5) is 52.7 Å². The predicted octanol–water partition coefficient (Wildman–Crippen LogP) is 23.2. The fourth-order valence-corrected chi connectivity index (χ4v) is 30.0. The lowest BCUT2D eigenvalue weighted by Gasteiger charge is -2.36. The quantitative estimate of drug-likeness (QED) is 0.0522. The maximum Gasteiger partial charge on any atom is 0.416 e. The van der Waals surface area contributed by atoms with E-state index in [1.807, 2.05) is 0 Å². The van der Waals surface area contributed by atoms with E-state index in [0.717, 1.165) is 211 Å². The zero-order valence-electron chi connectivity index (χ0n) is 75.4. The van der Waals surface area contributed by atoms with E-state index < -0.39 is 47.1 Å². The first-order chi connectivity index (χ1) is 54.0. The van der Waals surface area contributed by atoms with Crippen molar-refractivity contribution in [1.29, 1.82) is 0 Å². The monoisotopic (exact) mass is 1690 g/mol. The molecule has 44 atom stereocenters. The average Bonchev–Trinajstić information content (AvgIpc) is 1.67. The van der Waals surface area contributed by atoms with Crippen molar-refractivity contribution in [2.45, 2.75) is 333 Å². The molecule has 0 aliphatic heterocycles. The van der Waals surface area contributed by atoms with Gasteiger partial charge in [-0.05, 0) is 412 Å². The van der Waals surface area contributed by atoms with Gasteiger partial charge >= 0.3 is 24.7 Å². The number of hydrogen-bond donors (Lipinski definition) is 8. The number of alkyl halides is 12. The molecule has 117 heavy (non-hydrogen) atoms. The second kappa shape index (κ2) is 38.8. The topological polar surface area (TPSA) is 171 Å². The van der Waals surface area contributed by atoms with Gasteiger partial charge in [-0.25, -0.2) is 0 Å². The fourth-order valence-electron chi connectivity index (χ4n) is 30.0. The summed E-state index contributed by atoms with van der Waals surface area (Å²) in [5.74, 6) is 26.6. The second-order valence-electron chi connectivity index (χ2n) is 45.0. The van der Waals surface area contributed by atoms with Crippen molar-refractivity contribution < 1.29 is 98.3 Å². The average molecular weight is 1690 g/mol. The summed E-state index contributed by atoms with van der Waals surface area (Å²) in [4.78, 5) is 0. The summed E-state index contributed by atoms with van der Waals surface area (Å²) in [6.07, 6.45) is 3.69. The zero-order chi connectivity index (χ0) is 87.6. The molecule has 44 unspecified atom stereocenters. The lowest BCUT2D eigenvalue weighted by atomic mass is 9.72. The van der Waals surface area contributed by atoms with Crippen LogP contribution in [0.3, 0.4) is 0 Å². The maximum absolute atomic E-state index is 12.7. The summed E-state index contributed by atoms with van der Waals surface area (Å²) in [5, 5.41) is 73.7. The van der Waals surface area contributed by atoms with Crippen molar-refractivity contribution in [3.05, 3.63) is 0 Å². The van der Waals surface area contributed by atoms with Crippen LogP contribution in [-0.4, -0.2) is 121 Å². The van der Waals surface area contributed by atoms with Gasteiger partial charge in [0.1, 0.15) is 6.79 Å². The highest BCUT2D eigenvalue weighted by atomic mass is 19.4. The Morgan fingerprint density at radius 1 is 0.239 bits per heavy atom. The van der Waals surface area contributed by atoms with Gasteiger partial charge in [0, 0.05) is 19.8 Å². The molecule has 0 spiro atoms. The van der Waals surface area contributed by atoms with Crippen LogP contribution < -0.4 is 0 Å². The number of fused-ring (bicyclic) bond motifs is 16. The molecule has 0 aromatic carbocycles. The summed E-state index contributed by atoms with van der Waals surface area (Å²) >= 11 is 0. The van der Waals surface area contributed by atoms with Crippen molar-refractivity contribution in [1.82, 2.24) is 0 Å². The van der Waals surface area contributed by atoms with E-state index in [9.17, 15) is 73.1 Å². The van der Waals surface area contributed by atoms with Crippen LogP contribution in [0.15, 0.2) is 0 Å². The molecular weight excluding hydrogens is 1530 g/mol. The van der Waals surface area contributed by atoms with Gasteiger partial charge in [-0.3, -0.25) is 0 Å². The van der Waals surface area contributed by atoms with Crippen LogP contribution in [0.1, 0.15) is 286 Å². The van der Waals surface area contributed by atoms with Crippen LogP contribution in [0.5, 0.6) is 0 Å². The number of rotatable bonds is 17. The molecule has 0 aromatic heterocycles. The lowest BCUT2D eigenvalue weighted by Crippen LogP contribution is -2.45. The number of aliphatic hydroxyl groups excluding tert-OH is 4. The molecule has 9 nitrogen and oxygen atoms in total. The molecule has 16 bridgehead atoms. The minimum absolute atomic E-state index is 0.0443. The third kappa shape index (κ3) is 21.6. The molecule has 686 valence electrons. The van der Waals surface area contributed by atoms with Crippen LogP contribution >= 0.6 is 0 Å². The fraction of sp³-hybridized carbons (Fsp3) is 1.00. The van der Waals surface area contributed by atoms with Crippen molar-refractivity contribution in [2.24, 2.45) is 237 Å². The molecule has 16 aliphatic rings. The summed E-state index contributed by atoms with van der Waals surface area (Å²) in [6, 6.07) is 0. The van der Waals surface area contributed by atoms with Gasteiger partial charge in [-0.15, -0.1) is 0 Å². The van der Waals surface area contributed by atoms with E-state index in [0.29, 0.717) is 120 Å². The van der Waals surface area contributed by atoms with E-state index >= 15 is 0 Å². The van der Waals surface area contributed by atoms with Crippen LogP contribution in [0, 0.1) is 237 Å². The minimum atomic E-state index is -4.51. The highest BCUT2D eigenvalue weighted by Crippen LogP contribution is 2.64. The van der Waals surface area contributed by atoms with Crippen LogP contribution in [-0.2, 0) is 4.74 Å². The van der Waals surface area contributed by atoms with Crippen molar-refractivity contribution in [3.8, 4) is 0 Å². The Labute approximate surface area is 698 Å². The summed E-state index contributed by atoms with van der Waals surface area (Å²) in [6.45, 7) is 42.1. The van der Waals surface area contributed by atoms with Gasteiger partial charge in [0.15, 0.2) is 22.4 Å². The van der Waals surface area contributed by atoms with Crippen molar-refractivity contribution in [2.75, 3.05) is 33.2 Å². The Morgan fingerprint density at radius 2 is 0.427 bits per heavy atom. The molecule has 0 amide bonds. The molecular formula is C96H164F12O9. The van der Waals surface area contributed by atoms with Crippen LogP contribution in [0.2, 0.25) is 0 Å². The normalized spacial score (nSPS) is 47.5. The molecule has 0 aromatic rings. The van der Waals surface area contributed by atoms with E-state index in [1.165, 1.54) is 57.8 Å². The lowest BCUT2D eigenvalue weighted by molar-refractivity contribution is -0.260. The molecule has 16 aliphatic carbocycles. The zero-order valence-corrected chi connectivity index (χ0v) is 75.4. The number of aliphatic hydroxyl groups is 8. The van der Waals surface area contributed by atoms with Gasteiger partial charge in [-0.2, -0.15) is 52.7 Å². The predicted molar refractivity (Wildman–Crippen MR) is 438 cm³/mol. The number of halogens is 12. The summed E-state index contributed by atoms with van der Waals surface area (Å²) in [5.41, 5.74) is -10.1. The highest BCUT2D eigenvalue weighted by Gasteiger charge is 2.62. The van der Waals surface area contributed by atoms with Crippen molar-refractivity contribution in [3.63, 3.8) is 0 Å². The number of ether oxygens (including phenoxy) is 1. The standard InChI is InChI=1S/4C13H21F3O.C12H22O.C11H20O2.C11H20O.C10H18O/c4*1-7-8(2)11-5-9(7)4-10(11)6-12(3,17)13(14,15)16;1-8-9(2)12-7-11(8)6-10(12)4-3-5-13;1-7-8(2)11-4-9(7)3-10(11)5-13-6-12;1-7-8(2)11-6-10(7)5-9(11)3-4-12;1-6-7(2)10-4-8(6)3-9(10)5-11/h4*7-11,17H,4-6H2,1-3H3;8-13H,3-7H2,1-2H3;7-12H,3-6H2,1-2H3;7-12H,3-6H2,1-2H3;6-11H,3-5H2,1-2H3. The largest absolute Gasteiger partial charge is 0.416 e. The summed E-state index contributed by atoms with van der Waals surface area (Å²) < 4.78 is 157. The minimum Gasteiger partial charge on any atom is -0.396 e. The Kier molecular flexibility index (Phi) is 33.0. The first-order valence-electron chi connectivity index (χ1n) is 47.2. The third-order valence-corrected chi connectivity index (χ3v) is 39.2. The Morgan fingerprint density at radius 3 is 0.615 bits per heavy atom. The first kappa shape index (κ1) is 99.6. The number of hydrogen-bond acceptors (Lipinski definition) is 9. The van der Waals surface area contributed by atoms with Gasteiger partial charge < -0.3 is 45.6 Å². The smallest absolute Gasteiger partial charge is 0.396 e. The van der Waals surface area contributed by atoms with Gasteiger partial charge in [0.25, 0.3) is 0 Å². The van der Waals surface area contributed by atoms with Gasteiger partial charge in [-0.1, -0.05) is 111 Å². The molecule has 16 fully saturated rings. The highest BCUT2D eigenvalue weighted by molar-refractivity contribution is 5.07. The maximum atomic E-state index is 12.7. The second-order valence-corrected chi connectivity index (χ2v) is 45.0. The van der Waals surface area contributed by atoms with E-state index in [4.69, 9.17) is 25.2 Å². The Balaban J connectivity index is 0.000000153.